The number of aliphatic hydroxyl groups excluding tert-OH is 3. The first-order chi connectivity index (χ1) is 13.0. The van der Waals surface area contributed by atoms with E-state index in [0.29, 0.717) is 5.56 Å². The molecule has 3 rings (SSSR count). The molecule has 2 heterocycles. The minimum Gasteiger partial charge on any atom is -0.394 e. The lowest BCUT2D eigenvalue weighted by Crippen LogP contribution is -2.36. The van der Waals surface area contributed by atoms with Crippen molar-refractivity contribution in [3.8, 4) is 0 Å². The smallest absolute Gasteiger partial charge is 0.351 e. The lowest BCUT2D eigenvalue weighted by atomic mass is 10.1. The van der Waals surface area contributed by atoms with Crippen LogP contribution in [0.4, 0.5) is 5.82 Å². The van der Waals surface area contributed by atoms with Gasteiger partial charge in [0.2, 0.25) is 0 Å². The first-order valence-corrected chi connectivity index (χ1v) is 8.73. The third-order valence-corrected chi connectivity index (χ3v) is 4.54. The molecule has 1 aliphatic rings. The van der Waals surface area contributed by atoms with Gasteiger partial charge in [-0.3, -0.25) is 4.57 Å². The molecule has 2 aromatic rings. The summed E-state index contributed by atoms with van der Waals surface area (Å²) in [6.07, 6.45) is 1.97. The van der Waals surface area contributed by atoms with Gasteiger partial charge in [0.15, 0.2) is 6.23 Å². The molecule has 0 unspecified atom stereocenters. The Hall–Kier alpha value is -2.52. The van der Waals surface area contributed by atoms with Crippen LogP contribution in [0, 0.1) is 0 Å². The van der Waals surface area contributed by atoms with Crippen molar-refractivity contribution in [2.24, 2.45) is 0 Å². The third-order valence-electron chi connectivity index (χ3n) is 4.54. The molecule has 5 N–H and O–H groups in total. The Labute approximate surface area is 156 Å². The lowest BCUT2D eigenvalue weighted by Gasteiger charge is -2.18. The summed E-state index contributed by atoms with van der Waals surface area (Å²) in [6.45, 7) is -0.474. The fourth-order valence-electron chi connectivity index (χ4n) is 3.02. The van der Waals surface area contributed by atoms with Gasteiger partial charge in [-0.15, -0.1) is 0 Å². The van der Waals surface area contributed by atoms with Crippen molar-refractivity contribution < 1.29 is 20.1 Å². The van der Waals surface area contributed by atoms with E-state index >= 15 is 0 Å². The van der Waals surface area contributed by atoms with Crippen LogP contribution in [0.3, 0.4) is 0 Å². The van der Waals surface area contributed by atoms with E-state index in [1.807, 2.05) is 36.4 Å². The second-order valence-electron chi connectivity index (χ2n) is 6.43. The van der Waals surface area contributed by atoms with Crippen molar-refractivity contribution in [3.05, 3.63) is 64.2 Å². The van der Waals surface area contributed by atoms with Crippen LogP contribution in [0.25, 0.3) is 6.08 Å². The zero-order chi connectivity index (χ0) is 19.4. The quantitative estimate of drug-likeness (QED) is 0.564. The van der Waals surface area contributed by atoms with Crippen molar-refractivity contribution in [3.63, 3.8) is 0 Å². The maximum atomic E-state index is 12.2. The first kappa shape index (κ1) is 19.2. The summed E-state index contributed by atoms with van der Waals surface area (Å²) in [5.41, 5.74) is 6.84. The highest BCUT2D eigenvalue weighted by atomic mass is 16.6. The zero-order valence-corrected chi connectivity index (χ0v) is 14.7. The van der Waals surface area contributed by atoms with Crippen molar-refractivity contribution >= 4 is 11.9 Å². The molecule has 27 heavy (non-hydrogen) atoms. The fourth-order valence-corrected chi connectivity index (χ4v) is 3.02. The van der Waals surface area contributed by atoms with Gasteiger partial charge in [0.1, 0.15) is 24.1 Å². The molecule has 8 nitrogen and oxygen atoms in total. The Morgan fingerprint density at radius 3 is 2.63 bits per heavy atom. The number of nitrogens with two attached hydrogens (primary N) is 1. The first-order valence-electron chi connectivity index (χ1n) is 8.73. The molecule has 0 amide bonds. The Kier molecular flexibility index (Phi) is 6.02. The minimum absolute atomic E-state index is 0.0685. The number of benzene rings is 1. The second kappa shape index (κ2) is 8.45. The van der Waals surface area contributed by atoms with E-state index < -0.39 is 36.8 Å². The number of allylic oxidation sites excluding steroid dienone is 1. The second-order valence-corrected chi connectivity index (χ2v) is 6.43. The summed E-state index contributed by atoms with van der Waals surface area (Å²) in [7, 11) is 0. The Balaban J connectivity index is 1.76. The van der Waals surface area contributed by atoms with E-state index in [9.17, 15) is 20.1 Å². The number of aliphatic hydroxyl groups is 3. The molecule has 0 saturated carbocycles. The molecule has 0 bridgehead atoms. The van der Waals surface area contributed by atoms with Crippen LogP contribution in [0.1, 0.15) is 23.8 Å². The molecule has 8 heteroatoms. The SMILES string of the molecule is Nc1nc(=O)n([C@@H]2O[C@H](CO)[C@@H](O)[C@@H]2O)cc1C=CCCc1ccccc1. The highest BCUT2D eigenvalue weighted by molar-refractivity contribution is 5.59. The number of aryl methyl sites for hydroxylation is 1. The molecule has 0 spiro atoms. The average Bonchev–Trinajstić information content (AvgIpc) is 2.95. The number of nitrogens with zero attached hydrogens (tertiary/aromatic N) is 2. The standard InChI is InChI=1S/C19H23N3O5/c20-17-13(9-5-4-8-12-6-2-1-3-7-12)10-22(19(26)21-17)18-16(25)15(24)14(11-23)27-18/h1-3,5-7,9-10,14-16,18,23-25H,4,8,11H2,(H2,20,21,26)/t14-,15-,16+,18-/m1/s1. The number of anilines is 1. The summed E-state index contributed by atoms with van der Waals surface area (Å²) < 4.78 is 6.47. The van der Waals surface area contributed by atoms with Gasteiger partial charge < -0.3 is 25.8 Å². The van der Waals surface area contributed by atoms with Gasteiger partial charge in [-0.25, -0.2) is 4.79 Å². The van der Waals surface area contributed by atoms with Crippen LogP contribution < -0.4 is 11.4 Å². The van der Waals surface area contributed by atoms with Crippen molar-refractivity contribution in [2.75, 3.05) is 12.3 Å². The van der Waals surface area contributed by atoms with Crippen LogP contribution in [-0.2, 0) is 11.2 Å². The number of ether oxygens (including phenoxy) is 1. The van der Waals surface area contributed by atoms with Gasteiger partial charge in [-0.1, -0.05) is 42.5 Å². The maximum Gasteiger partial charge on any atom is 0.351 e. The molecule has 1 aliphatic heterocycles. The average molecular weight is 373 g/mol. The van der Waals surface area contributed by atoms with Gasteiger partial charge in [0.05, 0.1) is 6.61 Å². The van der Waals surface area contributed by atoms with Crippen molar-refractivity contribution in [1.29, 1.82) is 0 Å². The van der Waals surface area contributed by atoms with Gasteiger partial charge in [0, 0.05) is 11.8 Å². The number of nitrogen functional groups attached to an aromatic ring is 1. The van der Waals surface area contributed by atoms with E-state index in [0.717, 1.165) is 17.4 Å². The molecule has 1 aromatic carbocycles. The number of hydrogen-bond acceptors (Lipinski definition) is 7. The summed E-state index contributed by atoms with van der Waals surface area (Å²) in [5, 5.41) is 29.2. The maximum absolute atomic E-state index is 12.2. The van der Waals surface area contributed by atoms with Crippen LogP contribution in [-0.4, -0.2) is 49.8 Å². The van der Waals surface area contributed by atoms with Crippen LogP contribution in [0.2, 0.25) is 0 Å². The molecule has 1 aromatic heterocycles. The van der Waals surface area contributed by atoms with Gasteiger partial charge >= 0.3 is 5.69 Å². The van der Waals surface area contributed by atoms with E-state index in [2.05, 4.69) is 4.98 Å². The summed E-state index contributed by atoms with van der Waals surface area (Å²) in [5.74, 6) is 0.0685. The largest absolute Gasteiger partial charge is 0.394 e. The summed E-state index contributed by atoms with van der Waals surface area (Å²) in [4.78, 5) is 15.9. The number of hydrogen-bond donors (Lipinski definition) is 4. The fraction of sp³-hybridized carbons (Fsp3) is 0.368. The van der Waals surface area contributed by atoms with E-state index in [1.54, 1.807) is 6.08 Å². The predicted octanol–water partition coefficient (Wildman–Crippen LogP) is 0.0830. The monoisotopic (exact) mass is 373 g/mol. The molecular formula is C19H23N3O5. The van der Waals surface area contributed by atoms with Crippen LogP contribution >= 0.6 is 0 Å². The van der Waals surface area contributed by atoms with E-state index in [4.69, 9.17) is 10.5 Å². The summed E-state index contributed by atoms with van der Waals surface area (Å²) in [6, 6.07) is 10.0. The van der Waals surface area contributed by atoms with Crippen molar-refractivity contribution in [1.82, 2.24) is 9.55 Å². The van der Waals surface area contributed by atoms with Gasteiger partial charge in [0.25, 0.3) is 0 Å². The van der Waals surface area contributed by atoms with E-state index in [1.165, 1.54) is 11.8 Å². The normalized spacial score (nSPS) is 25.3. The minimum atomic E-state index is -1.36. The Morgan fingerprint density at radius 2 is 1.96 bits per heavy atom. The third kappa shape index (κ3) is 4.25. The topological polar surface area (TPSA) is 131 Å². The predicted molar refractivity (Wildman–Crippen MR) is 99.7 cm³/mol. The molecule has 144 valence electrons. The Morgan fingerprint density at radius 1 is 1.22 bits per heavy atom. The molecular weight excluding hydrogens is 350 g/mol. The number of rotatable bonds is 6. The van der Waals surface area contributed by atoms with E-state index in [-0.39, 0.29) is 5.82 Å². The highest BCUT2D eigenvalue weighted by Crippen LogP contribution is 2.28. The summed E-state index contributed by atoms with van der Waals surface area (Å²) >= 11 is 0. The molecule has 1 saturated heterocycles. The zero-order valence-electron chi connectivity index (χ0n) is 14.7. The lowest BCUT2D eigenvalue weighted by molar-refractivity contribution is -0.0549. The molecule has 0 aliphatic carbocycles. The van der Waals surface area contributed by atoms with Crippen molar-refractivity contribution in [2.45, 2.75) is 37.4 Å². The highest BCUT2D eigenvalue weighted by Gasteiger charge is 2.43. The van der Waals surface area contributed by atoms with Crippen LogP contribution in [0.15, 0.2) is 47.4 Å². The van der Waals surface area contributed by atoms with Gasteiger partial charge in [-0.05, 0) is 18.4 Å². The molecule has 0 radical (unpaired) electrons. The van der Waals surface area contributed by atoms with Crippen LogP contribution in [0.5, 0.6) is 0 Å². The molecule has 4 atom stereocenters. The van der Waals surface area contributed by atoms with Gasteiger partial charge in [-0.2, -0.15) is 4.98 Å². The molecule has 1 fully saturated rings. The number of aromatic nitrogens is 2. The Bertz CT molecular complexity index is 852.